The molecular formula is C44H55N3O11. The molecule has 3 aliphatic heterocycles. The number of ether oxygens (including phenoxy) is 5. The number of carboxylic acid groups (broad SMARTS) is 1. The first-order chi connectivity index (χ1) is 27.7. The predicted molar refractivity (Wildman–Crippen MR) is 214 cm³/mol. The second-order valence-corrected chi connectivity index (χ2v) is 15.9. The van der Waals surface area contributed by atoms with Crippen LogP contribution >= 0.6 is 0 Å². The van der Waals surface area contributed by atoms with Crippen molar-refractivity contribution in [2.45, 2.75) is 104 Å². The fraction of sp³-hybridized carbons (Fsp3) is 0.523. The number of nitrogens with zero attached hydrogens (tertiary/aromatic N) is 3. The molecule has 2 aromatic carbocycles. The quantitative estimate of drug-likeness (QED) is 0.167. The lowest BCUT2D eigenvalue weighted by molar-refractivity contribution is -0.267. The second kappa shape index (κ2) is 18.6. The molecule has 14 heteroatoms. The highest BCUT2D eigenvalue weighted by atomic mass is 16.7. The van der Waals surface area contributed by atoms with E-state index in [1.54, 1.807) is 4.90 Å². The molecular weight excluding hydrogens is 746 g/mol. The van der Waals surface area contributed by atoms with Gasteiger partial charge in [-0.25, -0.2) is 4.79 Å². The molecule has 1 N–H and O–H groups in total. The van der Waals surface area contributed by atoms with E-state index in [4.69, 9.17) is 23.7 Å². The van der Waals surface area contributed by atoms with E-state index in [1.807, 2.05) is 35.9 Å². The van der Waals surface area contributed by atoms with E-state index >= 15 is 0 Å². The molecule has 0 unspecified atom stereocenters. The predicted octanol–water partition coefficient (Wildman–Crippen LogP) is 6.06. The molecule has 312 valence electrons. The lowest BCUT2D eigenvalue weighted by atomic mass is 9.72. The number of carbonyl (C=O) groups is 5. The Morgan fingerprint density at radius 3 is 2.17 bits per heavy atom. The molecule has 14 nitrogen and oxygen atoms in total. The maximum atomic E-state index is 12.5. The van der Waals surface area contributed by atoms with Gasteiger partial charge >= 0.3 is 30.0 Å². The van der Waals surface area contributed by atoms with Gasteiger partial charge in [0.25, 0.3) is 0 Å². The van der Waals surface area contributed by atoms with Crippen molar-refractivity contribution in [1.82, 2.24) is 14.4 Å². The normalized spacial score (nSPS) is 23.5. The molecule has 3 saturated heterocycles. The molecule has 1 amide bonds. The topological polar surface area (TPSA) is 163 Å². The highest BCUT2D eigenvalue weighted by Gasteiger charge is 2.53. The summed E-state index contributed by atoms with van der Waals surface area (Å²) in [5.41, 5.74) is 5.18. The Labute approximate surface area is 339 Å². The van der Waals surface area contributed by atoms with Crippen LogP contribution in [0.3, 0.4) is 0 Å². The Balaban J connectivity index is 1.19. The van der Waals surface area contributed by atoms with Gasteiger partial charge in [0, 0.05) is 65.5 Å². The Hall–Kier alpha value is -5.21. The van der Waals surface area contributed by atoms with E-state index in [0.717, 1.165) is 78.5 Å². The summed E-state index contributed by atoms with van der Waals surface area (Å²) in [5, 5.41) is 10.3. The second-order valence-electron chi connectivity index (χ2n) is 15.9. The SMILES string of the molecule is CC(=O)OC[C@H]1O[C@@H](n2cc(Cc3ccc(/C=C/CCN4CCCC5(CCN(C(=O)O)CC5)C4)cc3)c3c(C)cccc32)[C@@H](OC(C)=O)[C@H](OC(C)=O)[C@@H]1OC(C)=O. The summed E-state index contributed by atoms with van der Waals surface area (Å²) in [6.07, 6.45) is 5.30. The molecule has 4 heterocycles. The number of rotatable bonds is 12. The number of esters is 4. The van der Waals surface area contributed by atoms with Crippen LogP contribution in [-0.2, 0) is 49.3 Å². The van der Waals surface area contributed by atoms with Crippen LogP contribution in [0.1, 0.15) is 88.3 Å². The third kappa shape index (κ3) is 10.3. The number of amides is 1. The van der Waals surface area contributed by atoms with Crippen molar-refractivity contribution >= 4 is 46.9 Å². The molecule has 1 aromatic heterocycles. The summed E-state index contributed by atoms with van der Waals surface area (Å²) in [4.78, 5) is 64.6. The molecule has 3 aliphatic rings. The van der Waals surface area contributed by atoms with E-state index < -0.39 is 60.6 Å². The summed E-state index contributed by atoms with van der Waals surface area (Å²) in [6.45, 7) is 10.9. The van der Waals surface area contributed by atoms with Gasteiger partial charge in [-0.2, -0.15) is 0 Å². The average molecular weight is 802 g/mol. The largest absolute Gasteiger partial charge is 0.465 e. The minimum atomic E-state index is -1.28. The zero-order valence-corrected chi connectivity index (χ0v) is 34.0. The van der Waals surface area contributed by atoms with Crippen LogP contribution in [0, 0.1) is 12.3 Å². The van der Waals surface area contributed by atoms with Crippen LogP contribution in [-0.4, -0.2) is 113 Å². The first-order valence-electron chi connectivity index (χ1n) is 20.1. The number of aromatic nitrogens is 1. The van der Waals surface area contributed by atoms with Crippen LogP contribution in [0.5, 0.6) is 0 Å². The van der Waals surface area contributed by atoms with Crippen molar-refractivity contribution in [2.75, 3.05) is 39.3 Å². The van der Waals surface area contributed by atoms with Crippen LogP contribution in [0.15, 0.2) is 54.7 Å². The van der Waals surface area contributed by atoms with Gasteiger partial charge in [-0.15, -0.1) is 0 Å². The molecule has 0 radical (unpaired) electrons. The van der Waals surface area contributed by atoms with Crippen molar-refractivity contribution in [1.29, 1.82) is 0 Å². The molecule has 6 rings (SSSR count). The number of carbonyl (C=O) groups excluding carboxylic acids is 4. The van der Waals surface area contributed by atoms with Crippen LogP contribution < -0.4 is 0 Å². The number of piperidine rings is 2. The van der Waals surface area contributed by atoms with Gasteiger partial charge in [-0.1, -0.05) is 48.6 Å². The van der Waals surface area contributed by atoms with Gasteiger partial charge in [0.2, 0.25) is 0 Å². The van der Waals surface area contributed by atoms with Gasteiger partial charge in [0.1, 0.15) is 12.7 Å². The Morgan fingerprint density at radius 1 is 0.845 bits per heavy atom. The smallest absolute Gasteiger partial charge is 0.407 e. The molecule has 1 spiro atoms. The third-order valence-electron chi connectivity index (χ3n) is 11.5. The molecule has 0 saturated carbocycles. The number of fused-ring (bicyclic) bond motifs is 1. The summed E-state index contributed by atoms with van der Waals surface area (Å²) < 4.78 is 30.7. The van der Waals surface area contributed by atoms with Crippen LogP contribution in [0.2, 0.25) is 0 Å². The third-order valence-corrected chi connectivity index (χ3v) is 11.5. The van der Waals surface area contributed by atoms with Crippen molar-refractivity contribution in [3.05, 3.63) is 77.0 Å². The minimum absolute atomic E-state index is 0.232. The number of hydrogen-bond acceptors (Lipinski definition) is 11. The van der Waals surface area contributed by atoms with Crippen LogP contribution in [0.4, 0.5) is 4.79 Å². The zero-order chi connectivity index (χ0) is 41.6. The first-order valence-corrected chi connectivity index (χ1v) is 20.1. The first kappa shape index (κ1) is 42.4. The number of likely N-dealkylation sites (tertiary alicyclic amines) is 2. The van der Waals surface area contributed by atoms with Gasteiger partial charge < -0.3 is 43.2 Å². The Bertz CT molecular complexity index is 2000. The van der Waals surface area contributed by atoms with E-state index in [1.165, 1.54) is 34.1 Å². The summed E-state index contributed by atoms with van der Waals surface area (Å²) in [6, 6.07) is 14.3. The molecule has 3 aromatic rings. The van der Waals surface area contributed by atoms with E-state index in [2.05, 4.69) is 41.3 Å². The lowest BCUT2D eigenvalue weighted by Crippen LogP contribution is -2.60. The number of aryl methyl sites for hydroxylation is 1. The summed E-state index contributed by atoms with van der Waals surface area (Å²) in [5.74, 6) is -2.62. The lowest BCUT2D eigenvalue weighted by Gasteiger charge is -2.47. The monoisotopic (exact) mass is 801 g/mol. The molecule has 58 heavy (non-hydrogen) atoms. The highest BCUT2D eigenvalue weighted by Crippen LogP contribution is 2.41. The minimum Gasteiger partial charge on any atom is -0.465 e. The van der Waals surface area contributed by atoms with Gasteiger partial charge in [0.15, 0.2) is 24.5 Å². The van der Waals surface area contributed by atoms with Crippen LogP contribution in [0.25, 0.3) is 17.0 Å². The molecule has 0 bridgehead atoms. The van der Waals surface area contributed by atoms with Crippen molar-refractivity contribution in [2.24, 2.45) is 5.41 Å². The van der Waals surface area contributed by atoms with Crippen molar-refractivity contribution in [3.63, 3.8) is 0 Å². The molecule has 0 aliphatic carbocycles. The summed E-state index contributed by atoms with van der Waals surface area (Å²) >= 11 is 0. The van der Waals surface area contributed by atoms with E-state index in [0.29, 0.717) is 19.5 Å². The fourth-order valence-electron chi connectivity index (χ4n) is 8.89. The number of hydrogen-bond donors (Lipinski definition) is 1. The van der Waals surface area contributed by atoms with Crippen molar-refractivity contribution < 1.29 is 52.8 Å². The van der Waals surface area contributed by atoms with Crippen molar-refractivity contribution in [3.8, 4) is 0 Å². The Kier molecular flexibility index (Phi) is 13.6. The van der Waals surface area contributed by atoms with E-state index in [9.17, 15) is 29.1 Å². The Morgan fingerprint density at radius 2 is 1.52 bits per heavy atom. The number of benzene rings is 2. The van der Waals surface area contributed by atoms with E-state index in [-0.39, 0.29) is 12.0 Å². The standard InChI is InChI=1S/C44H55N3O11/c1-28-10-8-12-36-38(28)35(25-47(36)42-41(57-32(5)51)40(56-31(4)50)39(55-30(3)49)37(58-42)26-54-29(2)48)24-34-15-13-33(14-16-34)11-6-7-20-45-21-9-17-44(27-45)18-22-46(23-19-44)43(52)53/h6,8,10-16,25,37,39-42H,7,9,17-24,26-27H2,1-5H3,(H,52,53)/b11-6+/t37-,39-,40-,41+,42-/m1/s1. The fourth-order valence-corrected chi connectivity index (χ4v) is 8.89. The highest BCUT2D eigenvalue weighted by molar-refractivity contribution is 5.87. The average Bonchev–Trinajstić information content (AvgIpc) is 3.53. The maximum Gasteiger partial charge on any atom is 0.407 e. The zero-order valence-electron chi connectivity index (χ0n) is 34.0. The maximum absolute atomic E-state index is 12.5. The molecule has 5 atom stereocenters. The molecule has 3 fully saturated rings. The summed E-state index contributed by atoms with van der Waals surface area (Å²) in [7, 11) is 0. The van der Waals surface area contributed by atoms with Gasteiger partial charge in [-0.3, -0.25) is 19.2 Å². The van der Waals surface area contributed by atoms with Gasteiger partial charge in [0.05, 0.1) is 5.52 Å². The van der Waals surface area contributed by atoms with Gasteiger partial charge in [-0.05, 0) is 85.7 Å².